The number of ether oxygens (including phenoxy) is 6. The van der Waals surface area contributed by atoms with Crippen LogP contribution in [0.15, 0.2) is 84.9 Å². The first-order valence-corrected chi connectivity index (χ1v) is 12.7. The molecule has 2 heterocycles. The van der Waals surface area contributed by atoms with E-state index < -0.39 is 24.6 Å². The molecule has 0 amide bonds. The van der Waals surface area contributed by atoms with Gasteiger partial charge in [-0.1, -0.05) is 72.8 Å². The maximum atomic E-state index is 9.80. The third-order valence-corrected chi connectivity index (χ3v) is 6.79. The molecule has 5 rings (SSSR count). The number of methoxy groups -OCH3 is 1. The highest BCUT2D eigenvalue weighted by Gasteiger charge is 2.51. The van der Waals surface area contributed by atoms with Crippen molar-refractivity contribution >= 4 is 0 Å². The summed E-state index contributed by atoms with van der Waals surface area (Å²) in [5, 5.41) is 9.80. The van der Waals surface area contributed by atoms with Gasteiger partial charge in [-0.2, -0.15) is 0 Å². The number of aliphatic hydroxyl groups excluding tert-OH is 1. The van der Waals surface area contributed by atoms with E-state index in [4.69, 9.17) is 28.4 Å². The van der Waals surface area contributed by atoms with E-state index >= 15 is 0 Å². The molecular weight excluding hydrogens is 472 g/mol. The van der Waals surface area contributed by atoms with E-state index in [1.165, 1.54) is 0 Å². The lowest BCUT2D eigenvalue weighted by Gasteiger charge is -2.49. The summed E-state index contributed by atoms with van der Waals surface area (Å²) in [4.78, 5) is 0. The van der Waals surface area contributed by atoms with E-state index in [1.807, 2.05) is 84.9 Å². The molecule has 2 fully saturated rings. The summed E-state index contributed by atoms with van der Waals surface area (Å²) in [6, 6.07) is 27.7. The Kier molecular flexibility index (Phi) is 8.84. The first-order valence-electron chi connectivity index (χ1n) is 12.7. The molecule has 2 aliphatic heterocycles. The highest BCUT2D eigenvalue weighted by atomic mass is 16.7. The summed E-state index contributed by atoms with van der Waals surface area (Å²) in [5.41, 5.74) is 3.00. The minimum absolute atomic E-state index is 0.0190. The van der Waals surface area contributed by atoms with Crippen molar-refractivity contribution in [2.75, 3.05) is 20.3 Å². The van der Waals surface area contributed by atoms with Gasteiger partial charge < -0.3 is 33.5 Å². The molecule has 3 aromatic rings. The Balaban J connectivity index is 1.39. The minimum Gasteiger partial charge on any atom is -0.497 e. The average molecular weight is 507 g/mol. The molecule has 3 aromatic carbocycles. The second-order valence-corrected chi connectivity index (χ2v) is 9.29. The summed E-state index contributed by atoms with van der Waals surface area (Å²) < 4.78 is 37.3. The van der Waals surface area contributed by atoms with Crippen LogP contribution >= 0.6 is 0 Å². The van der Waals surface area contributed by atoms with Gasteiger partial charge in [0, 0.05) is 12.2 Å². The molecule has 6 atom stereocenters. The number of hydrogen-bond donors (Lipinski definition) is 1. The van der Waals surface area contributed by atoms with Crippen LogP contribution in [0.1, 0.15) is 29.4 Å². The predicted molar refractivity (Wildman–Crippen MR) is 137 cm³/mol. The van der Waals surface area contributed by atoms with E-state index in [0.29, 0.717) is 26.2 Å². The molecule has 7 nitrogen and oxygen atoms in total. The van der Waals surface area contributed by atoms with Crippen LogP contribution in [0.5, 0.6) is 5.75 Å². The van der Waals surface area contributed by atoms with Crippen molar-refractivity contribution in [3.63, 3.8) is 0 Å². The van der Waals surface area contributed by atoms with E-state index in [0.717, 1.165) is 22.4 Å². The maximum absolute atomic E-state index is 9.80. The minimum atomic E-state index is -0.567. The van der Waals surface area contributed by atoms with Crippen LogP contribution in [0, 0.1) is 0 Å². The Morgan fingerprint density at radius 1 is 0.784 bits per heavy atom. The van der Waals surface area contributed by atoms with E-state index in [-0.39, 0.29) is 18.8 Å². The monoisotopic (exact) mass is 506 g/mol. The van der Waals surface area contributed by atoms with Gasteiger partial charge in [-0.05, 0) is 29.7 Å². The van der Waals surface area contributed by atoms with Crippen molar-refractivity contribution in [3.05, 3.63) is 102 Å². The van der Waals surface area contributed by atoms with E-state index in [1.54, 1.807) is 7.11 Å². The second kappa shape index (κ2) is 12.6. The predicted octanol–water partition coefficient (Wildman–Crippen LogP) is 4.43. The highest BCUT2D eigenvalue weighted by Crippen LogP contribution is 2.38. The molecule has 37 heavy (non-hydrogen) atoms. The molecule has 0 aliphatic carbocycles. The van der Waals surface area contributed by atoms with Crippen LogP contribution in [0.3, 0.4) is 0 Å². The van der Waals surface area contributed by atoms with E-state index in [9.17, 15) is 5.11 Å². The third-order valence-electron chi connectivity index (χ3n) is 6.79. The molecule has 0 spiro atoms. The molecule has 196 valence electrons. The number of benzene rings is 3. The first-order chi connectivity index (χ1) is 18.2. The van der Waals surface area contributed by atoms with Gasteiger partial charge in [-0.25, -0.2) is 0 Å². The Bertz CT molecular complexity index is 1080. The fourth-order valence-electron chi connectivity index (χ4n) is 4.87. The van der Waals surface area contributed by atoms with Gasteiger partial charge in [-0.15, -0.1) is 0 Å². The molecule has 2 aliphatic rings. The van der Waals surface area contributed by atoms with Gasteiger partial charge in [0.15, 0.2) is 6.29 Å². The first kappa shape index (κ1) is 25.9. The van der Waals surface area contributed by atoms with Crippen molar-refractivity contribution in [1.82, 2.24) is 0 Å². The zero-order valence-corrected chi connectivity index (χ0v) is 21.0. The number of fused-ring (bicyclic) bond motifs is 1. The summed E-state index contributed by atoms with van der Waals surface area (Å²) in [6.45, 7) is 1.13. The Hall–Kier alpha value is -2.78. The van der Waals surface area contributed by atoms with Crippen LogP contribution in [0.2, 0.25) is 0 Å². The smallest absolute Gasteiger partial charge is 0.184 e. The molecule has 7 heteroatoms. The Morgan fingerprint density at radius 2 is 1.41 bits per heavy atom. The lowest BCUT2D eigenvalue weighted by atomic mass is 9.92. The van der Waals surface area contributed by atoms with Gasteiger partial charge in [0.2, 0.25) is 0 Å². The number of rotatable bonds is 10. The van der Waals surface area contributed by atoms with Gasteiger partial charge in [0.1, 0.15) is 30.2 Å². The number of hydrogen-bond acceptors (Lipinski definition) is 7. The molecule has 2 saturated heterocycles. The Morgan fingerprint density at radius 3 is 2.00 bits per heavy atom. The van der Waals surface area contributed by atoms with E-state index in [2.05, 4.69) is 0 Å². The summed E-state index contributed by atoms with van der Waals surface area (Å²) in [7, 11) is 1.64. The van der Waals surface area contributed by atoms with Crippen molar-refractivity contribution < 1.29 is 33.5 Å². The average Bonchev–Trinajstić information content (AvgIpc) is 2.96. The zero-order valence-electron chi connectivity index (χ0n) is 21.0. The quantitative estimate of drug-likeness (QED) is 0.436. The lowest BCUT2D eigenvalue weighted by molar-refractivity contribution is -0.340. The SMILES string of the molecule is COc1ccc([C@@H]2OC[C@H]3O[C@@H](CCO)[C@H](OCc4ccccc4)[C@@H](OCc4ccccc4)[C@@H]3O2)cc1. The molecule has 0 radical (unpaired) electrons. The summed E-state index contributed by atoms with van der Waals surface area (Å²) >= 11 is 0. The second-order valence-electron chi connectivity index (χ2n) is 9.29. The van der Waals surface area contributed by atoms with Gasteiger partial charge in [0.05, 0.1) is 33.0 Å². The van der Waals surface area contributed by atoms with Crippen LogP contribution in [-0.2, 0) is 36.9 Å². The molecule has 0 bridgehead atoms. The van der Waals surface area contributed by atoms with Crippen LogP contribution in [-0.4, -0.2) is 55.9 Å². The van der Waals surface area contributed by atoms with Gasteiger partial charge >= 0.3 is 0 Å². The van der Waals surface area contributed by atoms with Gasteiger partial charge in [0.25, 0.3) is 0 Å². The van der Waals surface area contributed by atoms with Gasteiger partial charge in [-0.3, -0.25) is 0 Å². The van der Waals surface area contributed by atoms with Crippen molar-refractivity contribution in [3.8, 4) is 5.75 Å². The van der Waals surface area contributed by atoms with Crippen molar-refractivity contribution in [2.24, 2.45) is 0 Å². The normalized spacial score (nSPS) is 27.4. The van der Waals surface area contributed by atoms with Crippen molar-refractivity contribution in [1.29, 1.82) is 0 Å². The third kappa shape index (κ3) is 6.38. The fourth-order valence-corrected chi connectivity index (χ4v) is 4.87. The lowest BCUT2D eigenvalue weighted by Crippen LogP contribution is -2.63. The summed E-state index contributed by atoms with van der Waals surface area (Å²) in [6.07, 6.45) is -2.13. The van der Waals surface area contributed by atoms with Crippen molar-refractivity contribution in [2.45, 2.75) is 56.4 Å². The zero-order chi connectivity index (χ0) is 25.5. The molecular formula is C30H34O7. The number of aliphatic hydroxyl groups is 1. The highest BCUT2D eigenvalue weighted by molar-refractivity contribution is 5.28. The maximum Gasteiger partial charge on any atom is 0.184 e. The Labute approximate surface area is 217 Å². The molecule has 0 unspecified atom stereocenters. The fraction of sp³-hybridized carbons (Fsp3) is 0.400. The van der Waals surface area contributed by atoms with Crippen LogP contribution < -0.4 is 4.74 Å². The molecule has 0 aromatic heterocycles. The van der Waals surface area contributed by atoms with Crippen LogP contribution in [0.4, 0.5) is 0 Å². The largest absolute Gasteiger partial charge is 0.497 e. The topological polar surface area (TPSA) is 75.6 Å². The molecule has 0 saturated carbocycles. The standard InChI is InChI=1S/C30H34O7/c1-32-24-14-12-23(13-15-24)30-35-20-26-28(37-30)29(34-19-22-10-6-3-7-11-22)27(25(36-26)16-17-31)33-18-21-8-4-2-5-9-21/h2-15,25-31H,16-20H2,1H3/t25-,26+,27-,28+,29+,30+/m0/s1. The summed E-state index contributed by atoms with van der Waals surface area (Å²) in [5.74, 6) is 0.767. The van der Waals surface area contributed by atoms with Crippen LogP contribution in [0.25, 0.3) is 0 Å². The molecule has 1 N–H and O–H groups in total.